The van der Waals surface area contributed by atoms with E-state index >= 15 is 0 Å². The minimum absolute atomic E-state index is 0.0392. The molecule has 2 N–H and O–H groups in total. The van der Waals surface area contributed by atoms with Gasteiger partial charge in [0.05, 0.1) is 16.8 Å². The standard InChI is InChI=1S/C22H22ClN3O4S2/c1-14-4-6-15(7-5-14)19-13-31-22(25-19)26-21(27)16-8-9-18(23)20(11-16)32(28,29)24-12-17-3-2-10-30-17/h4-9,11,13,17,24H,2-3,10,12H2,1H3,(H,25,26,27). The highest BCUT2D eigenvalue weighted by Crippen LogP contribution is 2.27. The lowest BCUT2D eigenvalue weighted by Gasteiger charge is -2.13. The molecule has 32 heavy (non-hydrogen) atoms. The number of aryl methyl sites for hydroxylation is 1. The molecule has 1 unspecified atom stereocenters. The van der Waals surface area contributed by atoms with E-state index in [1.807, 2.05) is 36.6 Å². The molecule has 3 aromatic rings. The largest absolute Gasteiger partial charge is 0.377 e. The van der Waals surface area contributed by atoms with E-state index in [9.17, 15) is 13.2 Å². The number of amides is 1. The third-order valence-corrected chi connectivity index (χ3v) is 7.74. The van der Waals surface area contributed by atoms with Gasteiger partial charge in [0, 0.05) is 29.7 Å². The first-order valence-electron chi connectivity index (χ1n) is 10.1. The third-order valence-electron chi connectivity index (χ3n) is 5.08. The summed E-state index contributed by atoms with van der Waals surface area (Å²) in [6.45, 7) is 2.80. The molecule has 0 spiro atoms. The molecule has 0 saturated carbocycles. The smallest absolute Gasteiger partial charge is 0.257 e. The van der Waals surface area contributed by atoms with Crippen LogP contribution in [0.1, 0.15) is 28.8 Å². The quantitative estimate of drug-likeness (QED) is 0.507. The fourth-order valence-electron chi connectivity index (χ4n) is 3.29. The van der Waals surface area contributed by atoms with Crippen LogP contribution >= 0.6 is 22.9 Å². The van der Waals surface area contributed by atoms with E-state index in [0.717, 1.165) is 29.7 Å². The Balaban J connectivity index is 1.48. The first-order chi connectivity index (χ1) is 15.3. The van der Waals surface area contributed by atoms with Crippen LogP contribution in [-0.4, -0.2) is 38.6 Å². The highest BCUT2D eigenvalue weighted by Gasteiger charge is 2.23. The summed E-state index contributed by atoms with van der Waals surface area (Å²) in [6.07, 6.45) is 1.56. The Morgan fingerprint density at radius 3 is 2.75 bits per heavy atom. The fraction of sp³-hybridized carbons (Fsp3) is 0.273. The molecule has 7 nitrogen and oxygen atoms in total. The van der Waals surface area contributed by atoms with Crippen molar-refractivity contribution < 1.29 is 17.9 Å². The van der Waals surface area contributed by atoms with Crippen molar-refractivity contribution in [1.82, 2.24) is 9.71 Å². The van der Waals surface area contributed by atoms with Crippen molar-refractivity contribution in [2.45, 2.75) is 30.8 Å². The van der Waals surface area contributed by atoms with Crippen molar-refractivity contribution in [3.8, 4) is 11.3 Å². The molecule has 2 heterocycles. The van der Waals surface area contributed by atoms with Crippen molar-refractivity contribution in [3.05, 3.63) is 64.0 Å². The first-order valence-corrected chi connectivity index (χ1v) is 12.8. The van der Waals surface area contributed by atoms with Gasteiger partial charge in [0.15, 0.2) is 5.13 Å². The van der Waals surface area contributed by atoms with Gasteiger partial charge in [-0.2, -0.15) is 0 Å². The number of nitrogens with one attached hydrogen (secondary N) is 2. The molecule has 0 aliphatic carbocycles. The molecule has 0 radical (unpaired) electrons. The predicted octanol–water partition coefficient (Wildman–Crippen LogP) is 4.48. The summed E-state index contributed by atoms with van der Waals surface area (Å²) in [6, 6.07) is 12.1. The van der Waals surface area contributed by atoms with Crippen LogP contribution in [0.25, 0.3) is 11.3 Å². The summed E-state index contributed by atoms with van der Waals surface area (Å²) < 4.78 is 33.4. The van der Waals surface area contributed by atoms with E-state index in [-0.39, 0.29) is 28.1 Å². The van der Waals surface area contributed by atoms with Crippen LogP contribution in [0.3, 0.4) is 0 Å². The molecule has 1 fully saturated rings. The Morgan fingerprint density at radius 1 is 1.25 bits per heavy atom. The molecule has 1 saturated heterocycles. The van der Waals surface area contributed by atoms with Crippen LogP contribution < -0.4 is 10.0 Å². The normalized spacial score (nSPS) is 16.2. The van der Waals surface area contributed by atoms with Gasteiger partial charge in [0.1, 0.15) is 4.90 Å². The Morgan fingerprint density at radius 2 is 2.03 bits per heavy atom. The van der Waals surface area contributed by atoms with Crippen LogP contribution in [0, 0.1) is 6.92 Å². The zero-order valence-electron chi connectivity index (χ0n) is 17.3. The highest BCUT2D eigenvalue weighted by atomic mass is 35.5. The number of rotatable bonds is 7. The van der Waals surface area contributed by atoms with Crippen molar-refractivity contribution in [2.75, 3.05) is 18.5 Å². The zero-order chi connectivity index (χ0) is 22.7. The van der Waals surface area contributed by atoms with Crippen molar-refractivity contribution >= 4 is 44.0 Å². The maximum Gasteiger partial charge on any atom is 0.257 e. The number of aromatic nitrogens is 1. The monoisotopic (exact) mass is 491 g/mol. The van der Waals surface area contributed by atoms with Gasteiger partial charge < -0.3 is 4.74 Å². The van der Waals surface area contributed by atoms with Crippen molar-refractivity contribution in [1.29, 1.82) is 0 Å². The molecule has 2 aromatic carbocycles. The Hall–Kier alpha value is -2.30. The average Bonchev–Trinajstić information content (AvgIpc) is 3.45. The zero-order valence-corrected chi connectivity index (χ0v) is 19.7. The summed E-state index contributed by atoms with van der Waals surface area (Å²) in [7, 11) is -3.90. The molecular formula is C22H22ClN3O4S2. The summed E-state index contributed by atoms with van der Waals surface area (Å²) in [5.74, 6) is -0.470. The van der Waals surface area contributed by atoms with E-state index in [1.54, 1.807) is 0 Å². The number of nitrogens with zero attached hydrogens (tertiary/aromatic N) is 1. The van der Waals surface area contributed by atoms with E-state index < -0.39 is 15.9 Å². The van der Waals surface area contributed by atoms with Gasteiger partial charge in [0.25, 0.3) is 5.91 Å². The summed E-state index contributed by atoms with van der Waals surface area (Å²) >= 11 is 7.42. The van der Waals surface area contributed by atoms with Crippen LogP contribution in [-0.2, 0) is 14.8 Å². The topological polar surface area (TPSA) is 97.4 Å². The lowest BCUT2D eigenvalue weighted by atomic mass is 10.1. The van der Waals surface area contributed by atoms with Gasteiger partial charge in [0.2, 0.25) is 10.0 Å². The summed E-state index contributed by atoms with van der Waals surface area (Å²) in [5.41, 5.74) is 3.02. The molecule has 1 aliphatic rings. The molecular weight excluding hydrogens is 470 g/mol. The van der Waals surface area contributed by atoms with E-state index in [4.69, 9.17) is 16.3 Å². The lowest BCUT2D eigenvalue weighted by molar-refractivity contribution is 0.102. The molecule has 168 valence electrons. The Bertz CT molecular complexity index is 1220. The number of sulfonamides is 1. The molecule has 0 bridgehead atoms. The number of ether oxygens (including phenoxy) is 1. The summed E-state index contributed by atoms with van der Waals surface area (Å²) in [4.78, 5) is 17.0. The van der Waals surface area contributed by atoms with Crippen LogP contribution in [0.2, 0.25) is 5.02 Å². The van der Waals surface area contributed by atoms with Crippen molar-refractivity contribution in [2.24, 2.45) is 0 Å². The van der Waals surface area contributed by atoms with Gasteiger partial charge in [-0.25, -0.2) is 18.1 Å². The number of carbonyl (C=O) groups is 1. The van der Waals surface area contributed by atoms with Crippen LogP contribution in [0.4, 0.5) is 5.13 Å². The number of thiazole rings is 1. The molecule has 1 aliphatic heterocycles. The molecule has 10 heteroatoms. The molecule has 1 aromatic heterocycles. The van der Waals surface area contributed by atoms with Crippen molar-refractivity contribution in [3.63, 3.8) is 0 Å². The average molecular weight is 492 g/mol. The number of benzene rings is 2. The number of hydrogen-bond acceptors (Lipinski definition) is 6. The number of hydrogen-bond donors (Lipinski definition) is 2. The second-order valence-electron chi connectivity index (χ2n) is 7.49. The highest BCUT2D eigenvalue weighted by molar-refractivity contribution is 7.89. The molecule has 1 amide bonds. The van der Waals surface area contributed by atoms with E-state index in [1.165, 1.54) is 29.5 Å². The fourth-order valence-corrected chi connectivity index (χ4v) is 5.60. The minimum atomic E-state index is -3.90. The minimum Gasteiger partial charge on any atom is -0.377 e. The Labute approximate surface area is 195 Å². The number of carbonyl (C=O) groups excluding carboxylic acids is 1. The van der Waals surface area contributed by atoms with Crippen LogP contribution in [0.15, 0.2) is 52.7 Å². The SMILES string of the molecule is Cc1ccc(-c2csc(NC(=O)c3ccc(Cl)c(S(=O)(=O)NCC4CCCO4)c3)n2)cc1. The second-order valence-corrected chi connectivity index (χ2v) is 10.5. The van der Waals surface area contributed by atoms with Gasteiger partial charge in [-0.3, -0.25) is 10.1 Å². The number of halogens is 1. The number of anilines is 1. The Kier molecular flexibility index (Phi) is 6.92. The predicted molar refractivity (Wildman–Crippen MR) is 126 cm³/mol. The molecule has 4 rings (SSSR count). The molecule has 1 atom stereocenters. The second kappa shape index (κ2) is 9.68. The maximum absolute atomic E-state index is 12.7. The van der Waals surface area contributed by atoms with E-state index in [2.05, 4.69) is 15.0 Å². The van der Waals surface area contributed by atoms with Gasteiger partial charge in [-0.05, 0) is 38.0 Å². The summed E-state index contributed by atoms with van der Waals surface area (Å²) in [5, 5.41) is 5.04. The van der Waals surface area contributed by atoms with Gasteiger partial charge in [-0.1, -0.05) is 41.4 Å². The first kappa shape index (κ1) is 22.9. The van der Waals surface area contributed by atoms with E-state index in [0.29, 0.717) is 11.7 Å². The third kappa shape index (κ3) is 5.36. The lowest BCUT2D eigenvalue weighted by Crippen LogP contribution is -2.32. The maximum atomic E-state index is 12.7. The van der Waals surface area contributed by atoms with Gasteiger partial charge >= 0.3 is 0 Å². The van der Waals surface area contributed by atoms with Gasteiger partial charge in [-0.15, -0.1) is 11.3 Å². The van der Waals surface area contributed by atoms with Crippen LogP contribution in [0.5, 0.6) is 0 Å².